The highest BCUT2D eigenvalue weighted by molar-refractivity contribution is 7.99. The van der Waals surface area contributed by atoms with Crippen LogP contribution >= 0.6 is 23.1 Å². The van der Waals surface area contributed by atoms with Crippen LogP contribution in [0.15, 0.2) is 83.6 Å². The number of amides is 1. The Morgan fingerprint density at radius 1 is 1.13 bits per heavy atom. The molecule has 1 amide bonds. The van der Waals surface area contributed by atoms with Crippen molar-refractivity contribution in [3.8, 4) is 11.4 Å². The summed E-state index contributed by atoms with van der Waals surface area (Å²) in [6.45, 7) is 0. The van der Waals surface area contributed by atoms with Gasteiger partial charge in [0.15, 0.2) is 5.16 Å². The molecule has 1 N–H and O–H groups in total. The minimum Gasteiger partial charge on any atom is -0.495 e. The maximum atomic E-state index is 12.8. The first-order chi connectivity index (χ1) is 14.8. The van der Waals surface area contributed by atoms with Gasteiger partial charge in [0, 0.05) is 4.88 Å². The number of hydrogen-bond donors (Lipinski definition) is 1. The van der Waals surface area contributed by atoms with Crippen molar-refractivity contribution >= 4 is 29.0 Å². The Labute approximate surface area is 182 Å². The number of carbonyl (C=O) groups excluding carboxylic acids is 1. The van der Waals surface area contributed by atoms with E-state index in [1.54, 1.807) is 24.8 Å². The number of methoxy groups -OCH3 is 1. The third-order valence-corrected chi connectivity index (χ3v) is 6.34. The number of benzene rings is 2. The van der Waals surface area contributed by atoms with E-state index in [0.29, 0.717) is 10.9 Å². The van der Waals surface area contributed by atoms with Crippen LogP contribution in [-0.2, 0) is 4.79 Å². The monoisotopic (exact) mass is 436 g/mol. The zero-order valence-electron chi connectivity index (χ0n) is 16.3. The summed E-state index contributed by atoms with van der Waals surface area (Å²) in [5, 5.41) is 14.0. The maximum Gasteiger partial charge on any atom is 0.231 e. The Hall–Kier alpha value is -3.10. The zero-order valence-corrected chi connectivity index (χ0v) is 17.9. The van der Waals surface area contributed by atoms with Crippen LogP contribution in [-0.4, -0.2) is 33.5 Å². The fourth-order valence-corrected chi connectivity index (χ4v) is 4.60. The van der Waals surface area contributed by atoms with Crippen LogP contribution < -0.4 is 10.1 Å². The van der Waals surface area contributed by atoms with Gasteiger partial charge in [0.25, 0.3) is 0 Å². The van der Waals surface area contributed by atoms with Crippen molar-refractivity contribution in [2.24, 2.45) is 0 Å². The molecule has 0 spiro atoms. The lowest BCUT2D eigenvalue weighted by Crippen LogP contribution is -2.30. The molecule has 0 bridgehead atoms. The Morgan fingerprint density at radius 2 is 1.93 bits per heavy atom. The van der Waals surface area contributed by atoms with Gasteiger partial charge in [-0.2, -0.15) is 0 Å². The van der Waals surface area contributed by atoms with Gasteiger partial charge in [0.2, 0.25) is 5.91 Å². The third kappa shape index (κ3) is 4.55. The van der Waals surface area contributed by atoms with Crippen molar-refractivity contribution in [2.45, 2.75) is 11.2 Å². The van der Waals surface area contributed by atoms with Crippen LogP contribution in [0.4, 0.5) is 0 Å². The first kappa shape index (κ1) is 20.2. The second-order valence-electron chi connectivity index (χ2n) is 6.37. The van der Waals surface area contributed by atoms with Crippen LogP contribution in [0.25, 0.3) is 5.69 Å². The number of nitrogens with zero attached hydrogens (tertiary/aromatic N) is 3. The molecule has 0 aliphatic rings. The largest absolute Gasteiger partial charge is 0.495 e. The van der Waals surface area contributed by atoms with Gasteiger partial charge >= 0.3 is 0 Å². The lowest BCUT2D eigenvalue weighted by Gasteiger charge is -2.18. The van der Waals surface area contributed by atoms with Gasteiger partial charge < -0.3 is 10.1 Å². The first-order valence-corrected chi connectivity index (χ1v) is 11.2. The number of hydrogen-bond acceptors (Lipinski definition) is 6. The summed E-state index contributed by atoms with van der Waals surface area (Å²) < 4.78 is 7.25. The van der Waals surface area contributed by atoms with Gasteiger partial charge in [-0.15, -0.1) is 21.5 Å². The molecular weight excluding hydrogens is 416 g/mol. The molecule has 1 unspecified atom stereocenters. The van der Waals surface area contributed by atoms with Gasteiger partial charge in [-0.1, -0.05) is 60.3 Å². The predicted molar refractivity (Wildman–Crippen MR) is 119 cm³/mol. The number of ether oxygens (including phenoxy) is 1. The normalized spacial score (nSPS) is 11.8. The van der Waals surface area contributed by atoms with Crippen molar-refractivity contribution in [1.82, 2.24) is 20.1 Å². The van der Waals surface area contributed by atoms with Crippen LogP contribution in [0.1, 0.15) is 16.5 Å². The van der Waals surface area contributed by atoms with E-state index in [-0.39, 0.29) is 17.7 Å². The van der Waals surface area contributed by atoms with Gasteiger partial charge in [-0.3, -0.25) is 9.36 Å². The molecule has 6 nitrogen and oxygen atoms in total. The minimum atomic E-state index is -0.175. The number of thioether (sulfide) groups is 1. The summed E-state index contributed by atoms with van der Waals surface area (Å²) in [4.78, 5) is 13.9. The number of para-hydroxylation sites is 2. The topological polar surface area (TPSA) is 69.0 Å². The molecule has 1 atom stereocenters. The molecular formula is C22H20N4O2S2. The summed E-state index contributed by atoms with van der Waals surface area (Å²) in [6, 6.07) is 21.5. The van der Waals surface area contributed by atoms with E-state index in [4.69, 9.17) is 4.74 Å². The summed E-state index contributed by atoms with van der Waals surface area (Å²) in [6.07, 6.45) is 1.62. The SMILES string of the molecule is COc1ccccc1-n1cnnc1SCC(=O)NC(c1ccccc1)c1cccs1. The molecule has 152 valence electrons. The van der Waals surface area contributed by atoms with Gasteiger partial charge in [-0.05, 0) is 29.1 Å². The van der Waals surface area contributed by atoms with E-state index in [0.717, 1.165) is 16.1 Å². The second-order valence-corrected chi connectivity index (χ2v) is 8.29. The summed E-state index contributed by atoms with van der Waals surface area (Å²) in [5.74, 6) is 0.866. The fourth-order valence-electron chi connectivity index (χ4n) is 3.07. The Bertz CT molecular complexity index is 1100. The van der Waals surface area contributed by atoms with E-state index < -0.39 is 0 Å². The van der Waals surface area contributed by atoms with Crippen LogP contribution in [0.5, 0.6) is 5.75 Å². The smallest absolute Gasteiger partial charge is 0.231 e. The number of thiophene rings is 1. The van der Waals surface area contributed by atoms with Crippen LogP contribution in [0.3, 0.4) is 0 Å². The van der Waals surface area contributed by atoms with Gasteiger partial charge in [0.1, 0.15) is 12.1 Å². The highest BCUT2D eigenvalue weighted by atomic mass is 32.2. The molecule has 0 radical (unpaired) electrons. The van der Waals surface area contributed by atoms with E-state index in [1.165, 1.54) is 11.8 Å². The van der Waals surface area contributed by atoms with Crippen LogP contribution in [0.2, 0.25) is 0 Å². The van der Waals surface area contributed by atoms with E-state index >= 15 is 0 Å². The highest BCUT2D eigenvalue weighted by Crippen LogP contribution is 2.28. The first-order valence-electron chi connectivity index (χ1n) is 9.30. The van der Waals surface area contributed by atoms with Crippen molar-refractivity contribution in [2.75, 3.05) is 12.9 Å². The van der Waals surface area contributed by atoms with Crippen molar-refractivity contribution < 1.29 is 9.53 Å². The Morgan fingerprint density at radius 3 is 2.70 bits per heavy atom. The quantitative estimate of drug-likeness (QED) is 0.416. The average Bonchev–Trinajstić information content (AvgIpc) is 3.49. The third-order valence-electron chi connectivity index (χ3n) is 4.46. The summed E-state index contributed by atoms with van der Waals surface area (Å²) in [7, 11) is 1.62. The summed E-state index contributed by atoms with van der Waals surface area (Å²) in [5.41, 5.74) is 1.88. The molecule has 30 heavy (non-hydrogen) atoms. The fraction of sp³-hybridized carbons (Fsp3) is 0.136. The molecule has 0 fully saturated rings. The number of nitrogens with one attached hydrogen (secondary N) is 1. The van der Waals surface area contributed by atoms with E-state index in [2.05, 4.69) is 15.5 Å². The molecule has 0 saturated carbocycles. The average molecular weight is 437 g/mol. The number of aromatic nitrogens is 3. The second kappa shape index (κ2) is 9.60. The molecule has 2 aromatic heterocycles. The molecule has 2 heterocycles. The van der Waals surface area contributed by atoms with E-state index in [1.807, 2.05) is 76.7 Å². The van der Waals surface area contributed by atoms with Crippen LogP contribution in [0, 0.1) is 0 Å². The molecule has 2 aromatic carbocycles. The number of rotatable bonds is 8. The molecule has 0 aliphatic carbocycles. The standard InChI is InChI=1S/C22H20N4O2S2/c1-28-18-11-6-5-10-17(18)26-15-23-25-22(26)30-14-20(27)24-21(19-12-7-13-29-19)16-8-3-2-4-9-16/h2-13,15,21H,14H2,1H3,(H,24,27). The van der Waals surface area contributed by atoms with Gasteiger partial charge in [0.05, 0.1) is 24.6 Å². The Balaban J connectivity index is 1.47. The van der Waals surface area contributed by atoms with Crippen molar-refractivity contribution in [3.63, 3.8) is 0 Å². The minimum absolute atomic E-state index is 0.0724. The Kier molecular flexibility index (Phi) is 6.46. The molecule has 0 saturated heterocycles. The molecule has 8 heteroatoms. The number of carbonyl (C=O) groups is 1. The lowest BCUT2D eigenvalue weighted by atomic mass is 10.1. The van der Waals surface area contributed by atoms with Crippen molar-refractivity contribution in [3.05, 3.63) is 88.9 Å². The van der Waals surface area contributed by atoms with Gasteiger partial charge in [-0.25, -0.2) is 0 Å². The summed E-state index contributed by atoms with van der Waals surface area (Å²) >= 11 is 2.96. The van der Waals surface area contributed by atoms with E-state index in [9.17, 15) is 4.79 Å². The molecule has 4 rings (SSSR count). The molecule has 0 aliphatic heterocycles. The lowest BCUT2D eigenvalue weighted by molar-refractivity contribution is -0.119. The molecule has 4 aromatic rings. The predicted octanol–water partition coefficient (Wildman–Crippen LogP) is 4.34. The zero-order chi connectivity index (χ0) is 20.8. The van der Waals surface area contributed by atoms with Crippen molar-refractivity contribution in [1.29, 1.82) is 0 Å². The maximum absolute atomic E-state index is 12.8. The highest BCUT2D eigenvalue weighted by Gasteiger charge is 2.19.